The van der Waals surface area contributed by atoms with Crippen molar-refractivity contribution in [3.63, 3.8) is 0 Å². The topological polar surface area (TPSA) is 47.6 Å². The van der Waals surface area contributed by atoms with Crippen LogP contribution in [0.3, 0.4) is 0 Å². The predicted molar refractivity (Wildman–Crippen MR) is 43.3 cm³/mol. The van der Waals surface area contributed by atoms with Crippen LogP contribution in [0.1, 0.15) is 20.8 Å². The summed E-state index contributed by atoms with van der Waals surface area (Å²) in [6.07, 6.45) is 0. The van der Waals surface area contributed by atoms with Crippen LogP contribution in [0.25, 0.3) is 0 Å². The van der Waals surface area contributed by atoms with E-state index in [1.54, 1.807) is 6.92 Å². The number of aliphatic imine (C=N–C) groups is 1. The van der Waals surface area contributed by atoms with E-state index in [0.29, 0.717) is 12.4 Å². The van der Waals surface area contributed by atoms with Crippen molar-refractivity contribution in [2.75, 3.05) is 13.2 Å². The Labute approximate surface area is 62.3 Å². The highest BCUT2D eigenvalue weighted by Crippen LogP contribution is 1.89. The van der Waals surface area contributed by atoms with Gasteiger partial charge in [-0.1, -0.05) is 0 Å². The summed E-state index contributed by atoms with van der Waals surface area (Å²) < 4.78 is 5.13. The molecule has 3 nitrogen and oxygen atoms in total. The van der Waals surface area contributed by atoms with Crippen molar-refractivity contribution in [2.24, 2.45) is 10.7 Å². The summed E-state index contributed by atoms with van der Waals surface area (Å²) in [5.41, 5.74) is 5.36. The molecule has 2 N–H and O–H groups in total. The molecule has 0 aliphatic carbocycles. The van der Waals surface area contributed by atoms with E-state index in [1.165, 1.54) is 0 Å². The molecule has 60 valence electrons. The van der Waals surface area contributed by atoms with Crippen LogP contribution in [-0.4, -0.2) is 25.1 Å². The highest BCUT2D eigenvalue weighted by atomic mass is 16.5. The van der Waals surface area contributed by atoms with Gasteiger partial charge < -0.3 is 10.5 Å². The Morgan fingerprint density at radius 2 is 2.30 bits per heavy atom. The van der Waals surface area contributed by atoms with Gasteiger partial charge in [-0.3, -0.25) is 4.99 Å². The van der Waals surface area contributed by atoms with E-state index in [2.05, 4.69) is 4.99 Å². The highest BCUT2D eigenvalue weighted by molar-refractivity contribution is 5.77. The summed E-state index contributed by atoms with van der Waals surface area (Å²) in [6.45, 7) is 7.12. The maximum atomic E-state index is 5.36. The molecular weight excluding hydrogens is 128 g/mol. The average Bonchev–Trinajstić information content (AvgIpc) is 1.82. The van der Waals surface area contributed by atoms with Crippen LogP contribution in [-0.2, 0) is 4.74 Å². The standard InChI is InChI=1S/C7H16N2O/c1-4-10-5-6(2)9-7(3)8/h6H,4-5H2,1-3H3,(H2,8,9). The van der Waals surface area contributed by atoms with Crippen LogP contribution < -0.4 is 5.73 Å². The van der Waals surface area contributed by atoms with Gasteiger partial charge in [0.05, 0.1) is 18.5 Å². The van der Waals surface area contributed by atoms with Gasteiger partial charge in [0.25, 0.3) is 0 Å². The molecule has 0 heterocycles. The Hall–Kier alpha value is -0.570. The Morgan fingerprint density at radius 3 is 2.70 bits per heavy atom. The first-order valence-electron chi connectivity index (χ1n) is 3.54. The van der Waals surface area contributed by atoms with E-state index < -0.39 is 0 Å². The third-order valence-electron chi connectivity index (χ3n) is 0.987. The first-order chi connectivity index (χ1) is 4.66. The zero-order valence-corrected chi connectivity index (χ0v) is 6.92. The molecule has 1 unspecified atom stereocenters. The van der Waals surface area contributed by atoms with Crippen LogP contribution in [0, 0.1) is 0 Å². The molecule has 0 bridgehead atoms. The first kappa shape index (κ1) is 9.43. The highest BCUT2D eigenvalue weighted by Gasteiger charge is 1.96. The van der Waals surface area contributed by atoms with Crippen LogP contribution in [0.15, 0.2) is 4.99 Å². The van der Waals surface area contributed by atoms with Gasteiger partial charge in [-0.2, -0.15) is 0 Å². The second-order valence-corrected chi connectivity index (χ2v) is 2.28. The molecule has 0 amide bonds. The summed E-state index contributed by atoms with van der Waals surface area (Å²) in [6, 6.07) is 0.185. The van der Waals surface area contributed by atoms with Crippen LogP contribution in [0.4, 0.5) is 0 Å². The van der Waals surface area contributed by atoms with Crippen molar-refractivity contribution < 1.29 is 4.74 Å². The smallest absolute Gasteiger partial charge is 0.0909 e. The Kier molecular flexibility index (Phi) is 4.94. The van der Waals surface area contributed by atoms with Crippen molar-refractivity contribution in [1.82, 2.24) is 0 Å². The fourth-order valence-corrected chi connectivity index (χ4v) is 0.673. The van der Waals surface area contributed by atoms with Gasteiger partial charge in [0, 0.05) is 6.61 Å². The van der Waals surface area contributed by atoms with E-state index in [-0.39, 0.29) is 6.04 Å². The summed E-state index contributed by atoms with van der Waals surface area (Å²) >= 11 is 0. The third kappa shape index (κ3) is 5.56. The largest absolute Gasteiger partial charge is 0.388 e. The Bertz CT molecular complexity index is 108. The van der Waals surface area contributed by atoms with E-state index in [0.717, 1.165) is 6.61 Å². The van der Waals surface area contributed by atoms with Gasteiger partial charge >= 0.3 is 0 Å². The lowest BCUT2D eigenvalue weighted by Crippen LogP contribution is -2.15. The molecule has 10 heavy (non-hydrogen) atoms. The van der Waals surface area contributed by atoms with Crippen LogP contribution in [0.5, 0.6) is 0 Å². The van der Waals surface area contributed by atoms with Gasteiger partial charge in [-0.05, 0) is 20.8 Å². The zero-order valence-electron chi connectivity index (χ0n) is 6.92. The van der Waals surface area contributed by atoms with E-state index >= 15 is 0 Å². The normalized spacial score (nSPS) is 15.3. The molecule has 0 fully saturated rings. The second kappa shape index (κ2) is 5.23. The van der Waals surface area contributed by atoms with Gasteiger partial charge in [-0.25, -0.2) is 0 Å². The monoisotopic (exact) mass is 144 g/mol. The Balaban J connectivity index is 3.43. The van der Waals surface area contributed by atoms with Crippen molar-refractivity contribution in [2.45, 2.75) is 26.8 Å². The van der Waals surface area contributed by atoms with Gasteiger partial charge in [0.2, 0.25) is 0 Å². The molecule has 0 saturated carbocycles. The number of amidine groups is 1. The quantitative estimate of drug-likeness (QED) is 0.468. The molecule has 0 rings (SSSR count). The van der Waals surface area contributed by atoms with Crippen LogP contribution in [0.2, 0.25) is 0 Å². The minimum atomic E-state index is 0.185. The van der Waals surface area contributed by atoms with Crippen LogP contribution >= 0.6 is 0 Å². The molecule has 0 spiro atoms. The summed E-state index contributed by atoms with van der Waals surface area (Å²) in [5.74, 6) is 0.618. The molecule has 0 aromatic carbocycles. The van der Waals surface area contributed by atoms with Crippen molar-refractivity contribution in [3.8, 4) is 0 Å². The number of nitrogens with two attached hydrogens (primary N) is 1. The molecule has 0 aliphatic rings. The third-order valence-corrected chi connectivity index (χ3v) is 0.987. The minimum Gasteiger partial charge on any atom is -0.388 e. The summed E-state index contributed by atoms with van der Waals surface area (Å²) in [4.78, 5) is 4.08. The first-order valence-corrected chi connectivity index (χ1v) is 3.54. The lowest BCUT2D eigenvalue weighted by Gasteiger charge is -2.05. The SMILES string of the molecule is CCOCC(C)N=C(C)N. The number of rotatable bonds is 4. The molecule has 0 aromatic rings. The molecular formula is C7H16N2O. The van der Waals surface area contributed by atoms with Crippen molar-refractivity contribution >= 4 is 5.84 Å². The number of nitrogens with zero attached hydrogens (tertiary/aromatic N) is 1. The minimum absolute atomic E-state index is 0.185. The maximum Gasteiger partial charge on any atom is 0.0909 e. The number of hydrogen-bond donors (Lipinski definition) is 1. The fourth-order valence-electron chi connectivity index (χ4n) is 0.673. The second-order valence-electron chi connectivity index (χ2n) is 2.28. The average molecular weight is 144 g/mol. The summed E-state index contributed by atoms with van der Waals surface area (Å²) in [7, 11) is 0. The fraction of sp³-hybridized carbons (Fsp3) is 0.857. The Morgan fingerprint density at radius 1 is 1.70 bits per heavy atom. The van der Waals surface area contributed by atoms with Gasteiger partial charge in [-0.15, -0.1) is 0 Å². The molecule has 0 aromatic heterocycles. The lowest BCUT2D eigenvalue weighted by molar-refractivity contribution is 0.137. The molecule has 0 radical (unpaired) electrons. The summed E-state index contributed by atoms with van der Waals surface area (Å²) in [5, 5.41) is 0. The number of ether oxygens (including phenoxy) is 1. The van der Waals surface area contributed by atoms with E-state index in [9.17, 15) is 0 Å². The molecule has 1 atom stereocenters. The van der Waals surface area contributed by atoms with E-state index in [1.807, 2.05) is 13.8 Å². The van der Waals surface area contributed by atoms with E-state index in [4.69, 9.17) is 10.5 Å². The maximum absolute atomic E-state index is 5.36. The predicted octanol–water partition coefficient (Wildman–Crippen LogP) is 0.788. The number of hydrogen-bond acceptors (Lipinski definition) is 2. The van der Waals surface area contributed by atoms with Crippen molar-refractivity contribution in [3.05, 3.63) is 0 Å². The molecule has 0 saturated heterocycles. The molecule has 0 aliphatic heterocycles. The van der Waals surface area contributed by atoms with Crippen molar-refractivity contribution in [1.29, 1.82) is 0 Å². The zero-order chi connectivity index (χ0) is 7.98. The van der Waals surface area contributed by atoms with Gasteiger partial charge in [0.1, 0.15) is 0 Å². The lowest BCUT2D eigenvalue weighted by atomic mass is 10.4. The van der Waals surface area contributed by atoms with Gasteiger partial charge in [0.15, 0.2) is 0 Å². The molecule has 3 heteroatoms.